The summed E-state index contributed by atoms with van der Waals surface area (Å²) in [7, 11) is 1.65. The number of methoxy groups -OCH3 is 1. The highest BCUT2D eigenvalue weighted by molar-refractivity contribution is 5.94. The van der Waals surface area contributed by atoms with Crippen LogP contribution in [0.2, 0.25) is 0 Å². The van der Waals surface area contributed by atoms with E-state index in [1.54, 1.807) is 12.0 Å². The van der Waals surface area contributed by atoms with Crippen LogP contribution in [0.3, 0.4) is 0 Å². The zero-order valence-electron chi connectivity index (χ0n) is 17.5. The van der Waals surface area contributed by atoms with Crippen LogP contribution in [0.1, 0.15) is 27.0 Å². The van der Waals surface area contributed by atoms with Crippen LogP contribution in [0.4, 0.5) is 5.69 Å². The number of esters is 1. The lowest BCUT2D eigenvalue weighted by Gasteiger charge is -2.36. The molecular formula is C23H28N2O4. The third kappa shape index (κ3) is 4.88. The molecule has 154 valence electrons. The maximum atomic E-state index is 12.5. The van der Waals surface area contributed by atoms with Crippen molar-refractivity contribution >= 4 is 17.6 Å². The Bertz CT molecular complexity index is 861. The van der Waals surface area contributed by atoms with Crippen LogP contribution >= 0.6 is 0 Å². The van der Waals surface area contributed by atoms with Gasteiger partial charge < -0.3 is 19.3 Å². The molecule has 0 saturated carbocycles. The minimum Gasteiger partial charge on any atom is -0.497 e. The number of benzene rings is 2. The summed E-state index contributed by atoms with van der Waals surface area (Å²) in [6, 6.07) is 11.8. The molecule has 0 aliphatic carbocycles. The topological polar surface area (TPSA) is 59.1 Å². The number of carbonyl (C=O) groups is 2. The van der Waals surface area contributed by atoms with Crippen molar-refractivity contribution in [2.75, 3.05) is 44.8 Å². The van der Waals surface area contributed by atoms with Gasteiger partial charge in [-0.1, -0.05) is 17.7 Å². The molecule has 0 spiro atoms. The van der Waals surface area contributed by atoms with Crippen molar-refractivity contribution in [3.63, 3.8) is 0 Å². The average Bonchev–Trinajstić information content (AvgIpc) is 2.71. The molecule has 1 aliphatic rings. The van der Waals surface area contributed by atoms with E-state index < -0.39 is 5.97 Å². The van der Waals surface area contributed by atoms with Crippen LogP contribution in [0.15, 0.2) is 36.4 Å². The Hall–Kier alpha value is -3.02. The first-order chi connectivity index (χ1) is 13.9. The molecule has 0 atom stereocenters. The standard InChI is InChI=1S/C23H28N2O4/c1-16-13-17(2)22(18(3)14-16)23(27)29-15-21(26)25-11-9-24(10-12-25)19-5-7-20(28-4)8-6-19/h5-8,13-14H,9-12,15H2,1-4H3. The second-order valence-corrected chi connectivity index (χ2v) is 7.42. The van der Waals surface area contributed by atoms with Gasteiger partial charge in [0.05, 0.1) is 12.7 Å². The number of anilines is 1. The van der Waals surface area contributed by atoms with Gasteiger partial charge in [0, 0.05) is 31.9 Å². The van der Waals surface area contributed by atoms with Gasteiger partial charge >= 0.3 is 5.97 Å². The molecule has 6 nitrogen and oxygen atoms in total. The van der Waals surface area contributed by atoms with Gasteiger partial charge in [0.1, 0.15) is 5.75 Å². The summed E-state index contributed by atoms with van der Waals surface area (Å²) in [5.41, 5.74) is 4.49. The molecule has 0 radical (unpaired) electrons. The molecule has 1 aliphatic heterocycles. The summed E-state index contributed by atoms with van der Waals surface area (Å²) in [5, 5.41) is 0. The summed E-state index contributed by atoms with van der Waals surface area (Å²) < 4.78 is 10.5. The first-order valence-corrected chi connectivity index (χ1v) is 9.81. The van der Waals surface area contributed by atoms with Crippen LogP contribution in [0.5, 0.6) is 5.75 Å². The predicted molar refractivity (Wildman–Crippen MR) is 113 cm³/mol. The van der Waals surface area contributed by atoms with E-state index in [-0.39, 0.29) is 12.5 Å². The summed E-state index contributed by atoms with van der Waals surface area (Å²) >= 11 is 0. The van der Waals surface area contributed by atoms with E-state index in [1.165, 1.54) is 0 Å². The van der Waals surface area contributed by atoms with E-state index in [9.17, 15) is 9.59 Å². The lowest BCUT2D eigenvalue weighted by Crippen LogP contribution is -2.49. The molecule has 29 heavy (non-hydrogen) atoms. The smallest absolute Gasteiger partial charge is 0.339 e. The molecule has 1 amide bonds. The van der Waals surface area contributed by atoms with Crippen molar-refractivity contribution in [2.45, 2.75) is 20.8 Å². The fraction of sp³-hybridized carbons (Fsp3) is 0.391. The van der Waals surface area contributed by atoms with E-state index in [2.05, 4.69) is 4.90 Å². The van der Waals surface area contributed by atoms with Crippen LogP contribution in [-0.4, -0.2) is 56.7 Å². The van der Waals surface area contributed by atoms with Crippen molar-refractivity contribution in [3.8, 4) is 5.75 Å². The number of rotatable bonds is 5. The minimum atomic E-state index is -0.440. The molecular weight excluding hydrogens is 368 g/mol. The minimum absolute atomic E-state index is 0.157. The summed E-state index contributed by atoms with van der Waals surface area (Å²) in [4.78, 5) is 28.9. The lowest BCUT2D eigenvalue weighted by molar-refractivity contribution is -0.134. The highest BCUT2D eigenvalue weighted by Gasteiger charge is 2.23. The Kier molecular flexibility index (Phi) is 6.42. The number of nitrogens with zero attached hydrogens (tertiary/aromatic N) is 2. The normalized spacial score (nSPS) is 13.9. The van der Waals surface area contributed by atoms with E-state index in [1.807, 2.05) is 57.2 Å². The monoisotopic (exact) mass is 396 g/mol. The van der Waals surface area contributed by atoms with Crippen molar-refractivity contribution in [1.82, 2.24) is 4.90 Å². The van der Waals surface area contributed by atoms with E-state index in [0.717, 1.165) is 41.2 Å². The Morgan fingerprint density at radius 2 is 1.52 bits per heavy atom. The second kappa shape index (κ2) is 8.99. The van der Waals surface area contributed by atoms with Gasteiger partial charge in [-0.05, 0) is 56.2 Å². The van der Waals surface area contributed by atoms with E-state index >= 15 is 0 Å². The van der Waals surface area contributed by atoms with Gasteiger partial charge in [-0.2, -0.15) is 0 Å². The van der Waals surface area contributed by atoms with Crippen molar-refractivity contribution in [1.29, 1.82) is 0 Å². The molecule has 0 bridgehead atoms. The number of amides is 1. The van der Waals surface area contributed by atoms with Crippen LogP contribution in [0, 0.1) is 20.8 Å². The summed E-state index contributed by atoms with van der Waals surface area (Å²) in [6.07, 6.45) is 0. The molecule has 1 heterocycles. The molecule has 1 fully saturated rings. The molecule has 3 rings (SSSR count). The molecule has 1 saturated heterocycles. The Morgan fingerprint density at radius 3 is 2.07 bits per heavy atom. The number of piperazine rings is 1. The quantitative estimate of drug-likeness (QED) is 0.727. The third-order valence-electron chi connectivity index (χ3n) is 5.28. The maximum absolute atomic E-state index is 12.5. The lowest BCUT2D eigenvalue weighted by atomic mass is 10.00. The molecule has 6 heteroatoms. The van der Waals surface area contributed by atoms with Crippen molar-refractivity contribution in [3.05, 3.63) is 58.7 Å². The van der Waals surface area contributed by atoms with Gasteiger partial charge in [0.2, 0.25) is 0 Å². The summed E-state index contributed by atoms with van der Waals surface area (Å²) in [5.74, 6) is 0.226. The number of hydrogen-bond donors (Lipinski definition) is 0. The highest BCUT2D eigenvalue weighted by Crippen LogP contribution is 2.21. The average molecular weight is 396 g/mol. The van der Waals surface area contributed by atoms with E-state index in [4.69, 9.17) is 9.47 Å². The Balaban J connectivity index is 1.51. The van der Waals surface area contributed by atoms with Crippen molar-refractivity contribution in [2.24, 2.45) is 0 Å². The molecule has 2 aromatic carbocycles. The van der Waals surface area contributed by atoms with Gasteiger partial charge in [-0.3, -0.25) is 4.79 Å². The fourth-order valence-corrected chi connectivity index (χ4v) is 3.80. The third-order valence-corrected chi connectivity index (χ3v) is 5.28. The van der Waals surface area contributed by atoms with Gasteiger partial charge in [-0.25, -0.2) is 4.79 Å². The van der Waals surface area contributed by atoms with Gasteiger partial charge in [0.25, 0.3) is 5.91 Å². The zero-order chi connectivity index (χ0) is 21.0. The first kappa shape index (κ1) is 20.7. The molecule has 0 aromatic heterocycles. The van der Waals surface area contributed by atoms with Crippen LogP contribution in [0.25, 0.3) is 0 Å². The first-order valence-electron chi connectivity index (χ1n) is 9.81. The molecule has 0 unspecified atom stereocenters. The number of ether oxygens (including phenoxy) is 2. The highest BCUT2D eigenvalue weighted by atomic mass is 16.5. The maximum Gasteiger partial charge on any atom is 0.339 e. The van der Waals surface area contributed by atoms with Gasteiger partial charge in [-0.15, -0.1) is 0 Å². The Labute approximate surface area is 172 Å². The molecule has 0 N–H and O–H groups in total. The number of hydrogen-bond acceptors (Lipinski definition) is 5. The summed E-state index contributed by atoms with van der Waals surface area (Å²) in [6.45, 7) is 8.21. The van der Waals surface area contributed by atoms with Crippen molar-refractivity contribution < 1.29 is 19.1 Å². The van der Waals surface area contributed by atoms with E-state index in [0.29, 0.717) is 18.7 Å². The number of carbonyl (C=O) groups excluding carboxylic acids is 2. The van der Waals surface area contributed by atoms with Gasteiger partial charge in [0.15, 0.2) is 6.61 Å². The fourth-order valence-electron chi connectivity index (χ4n) is 3.80. The zero-order valence-corrected chi connectivity index (χ0v) is 17.5. The van der Waals surface area contributed by atoms with Crippen LogP contribution in [-0.2, 0) is 9.53 Å². The Morgan fingerprint density at radius 1 is 0.931 bits per heavy atom. The largest absolute Gasteiger partial charge is 0.497 e. The van der Waals surface area contributed by atoms with Crippen LogP contribution < -0.4 is 9.64 Å². The SMILES string of the molecule is COc1ccc(N2CCN(C(=O)COC(=O)c3c(C)cc(C)cc3C)CC2)cc1. The predicted octanol–water partition coefficient (Wildman–Crippen LogP) is 3.13. The molecule has 2 aromatic rings. The second-order valence-electron chi connectivity index (χ2n) is 7.42. The number of aryl methyl sites for hydroxylation is 3.